The van der Waals surface area contributed by atoms with Crippen LogP contribution in [0.25, 0.3) is 0 Å². The fourth-order valence-corrected chi connectivity index (χ4v) is 3.44. The van der Waals surface area contributed by atoms with Crippen molar-refractivity contribution < 1.29 is 27.5 Å². The van der Waals surface area contributed by atoms with Gasteiger partial charge in [-0.15, -0.1) is 0 Å². The zero-order valence-electron chi connectivity index (χ0n) is 20.2. The van der Waals surface area contributed by atoms with E-state index in [-0.39, 0.29) is 17.2 Å². The first-order valence-corrected chi connectivity index (χ1v) is 12.0. The number of benzene rings is 2. The van der Waals surface area contributed by atoms with Crippen molar-refractivity contribution in [1.29, 1.82) is 0 Å². The van der Waals surface area contributed by atoms with E-state index in [0.717, 1.165) is 47.6 Å². The highest BCUT2D eigenvalue weighted by Gasteiger charge is 2.30. The van der Waals surface area contributed by atoms with E-state index in [9.17, 15) is 13.2 Å². The minimum absolute atomic E-state index is 0.0488. The van der Waals surface area contributed by atoms with Crippen LogP contribution in [-0.2, 0) is 17.4 Å². The third-order valence-electron chi connectivity index (χ3n) is 5.19. The fraction of sp³-hybridized carbons (Fsp3) is 0.423. The SMILES string of the molecule is CCc1cc(OCC=C(Cl)Cl)cc(C)c1OC(C)CCCON=C(C)c1ccc(C(F)(F)F)cc1. The number of rotatable bonds is 12. The molecule has 35 heavy (non-hydrogen) atoms. The average molecular weight is 532 g/mol. The summed E-state index contributed by atoms with van der Waals surface area (Å²) in [5.74, 6) is 1.57. The van der Waals surface area contributed by atoms with Crippen LogP contribution in [0.4, 0.5) is 13.2 Å². The molecule has 0 heterocycles. The minimum Gasteiger partial charge on any atom is -0.490 e. The molecule has 0 bridgehead atoms. The summed E-state index contributed by atoms with van der Waals surface area (Å²) < 4.78 is 50.1. The average Bonchev–Trinajstić information content (AvgIpc) is 2.79. The molecule has 0 radical (unpaired) electrons. The second-order valence-corrected chi connectivity index (χ2v) is 9.05. The molecule has 9 heteroatoms. The molecule has 192 valence electrons. The number of aryl methyl sites for hydroxylation is 2. The van der Waals surface area contributed by atoms with Crippen molar-refractivity contribution in [3.63, 3.8) is 0 Å². The number of nitrogens with zero attached hydrogens (tertiary/aromatic N) is 1. The van der Waals surface area contributed by atoms with E-state index >= 15 is 0 Å². The second-order valence-electron chi connectivity index (χ2n) is 8.04. The highest BCUT2D eigenvalue weighted by molar-refractivity contribution is 6.55. The Morgan fingerprint density at radius 1 is 1.14 bits per heavy atom. The number of hydrogen-bond acceptors (Lipinski definition) is 4. The molecule has 0 spiro atoms. The zero-order valence-corrected chi connectivity index (χ0v) is 21.7. The lowest BCUT2D eigenvalue weighted by molar-refractivity contribution is -0.137. The minimum atomic E-state index is -4.36. The molecular weight excluding hydrogens is 502 g/mol. The van der Waals surface area contributed by atoms with Crippen LogP contribution < -0.4 is 9.47 Å². The number of alkyl halides is 3. The molecule has 4 nitrogen and oxygen atoms in total. The van der Waals surface area contributed by atoms with Crippen molar-refractivity contribution in [2.75, 3.05) is 13.2 Å². The maximum Gasteiger partial charge on any atom is 0.416 e. The molecule has 0 N–H and O–H groups in total. The van der Waals surface area contributed by atoms with Crippen LogP contribution in [-0.4, -0.2) is 25.0 Å². The van der Waals surface area contributed by atoms with Crippen LogP contribution in [0.1, 0.15) is 55.9 Å². The summed E-state index contributed by atoms with van der Waals surface area (Å²) in [6.45, 7) is 8.36. The van der Waals surface area contributed by atoms with Gasteiger partial charge in [0.25, 0.3) is 0 Å². The molecule has 0 aromatic heterocycles. The van der Waals surface area contributed by atoms with Gasteiger partial charge in [0.15, 0.2) is 0 Å². The predicted molar refractivity (Wildman–Crippen MR) is 135 cm³/mol. The number of halogens is 5. The van der Waals surface area contributed by atoms with Crippen LogP contribution in [0.2, 0.25) is 0 Å². The first kappa shape index (κ1) is 28.9. The van der Waals surface area contributed by atoms with Crippen molar-refractivity contribution in [3.8, 4) is 11.5 Å². The highest BCUT2D eigenvalue weighted by Crippen LogP contribution is 2.31. The van der Waals surface area contributed by atoms with E-state index in [1.165, 1.54) is 12.1 Å². The van der Waals surface area contributed by atoms with Crippen molar-refractivity contribution in [2.45, 2.75) is 59.2 Å². The Kier molecular flexibility index (Phi) is 11.2. The van der Waals surface area contributed by atoms with Gasteiger partial charge in [-0.2, -0.15) is 13.2 Å². The van der Waals surface area contributed by atoms with Gasteiger partial charge in [0.2, 0.25) is 0 Å². The van der Waals surface area contributed by atoms with E-state index < -0.39 is 11.7 Å². The van der Waals surface area contributed by atoms with Gasteiger partial charge in [0.1, 0.15) is 29.2 Å². The lowest BCUT2D eigenvalue weighted by atomic mass is 10.1. The van der Waals surface area contributed by atoms with Crippen LogP contribution in [0.15, 0.2) is 52.1 Å². The van der Waals surface area contributed by atoms with Gasteiger partial charge < -0.3 is 14.3 Å². The molecule has 0 aliphatic rings. The molecule has 0 amide bonds. The maximum absolute atomic E-state index is 12.7. The lowest BCUT2D eigenvalue weighted by Gasteiger charge is -2.20. The van der Waals surface area contributed by atoms with Crippen LogP contribution in [0, 0.1) is 6.92 Å². The molecule has 2 rings (SSSR count). The quantitative estimate of drug-likeness (QED) is 0.157. The number of ether oxygens (including phenoxy) is 2. The first-order chi connectivity index (χ1) is 16.5. The van der Waals surface area contributed by atoms with Crippen molar-refractivity contribution in [1.82, 2.24) is 0 Å². The van der Waals surface area contributed by atoms with Gasteiger partial charge in [-0.1, -0.05) is 47.4 Å². The predicted octanol–water partition coefficient (Wildman–Crippen LogP) is 8.26. The summed E-state index contributed by atoms with van der Waals surface area (Å²) in [6.07, 6.45) is -0.595. The highest BCUT2D eigenvalue weighted by atomic mass is 35.5. The third-order valence-corrected chi connectivity index (χ3v) is 5.50. The zero-order chi connectivity index (χ0) is 26.0. The van der Waals surface area contributed by atoms with Gasteiger partial charge >= 0.3 is 6.18 Å². The molecular formula is C26H30Cl2F3NO3. The summed E-state index contributed by atoms with van der Waals surface area (Å²) in [4.78, 5) is 5.36. The maximum atomic E-state index is 12.7. The Hall–Kier alpha value is -2.38. The van der Waals surface area contributed by atoms with Gasteiger partial charge in [-0.25, -0.2) is 0 Å². The normalized spacial score (nSPS) is 12.8. The van der Waals surface area contributed by atoms with Crippen LogP contribution in [0.5, 0.6) is 11.5 Å². The molecule has 1 unspecified atom stereocenters. The molecule has 0 aliphatic carbocycles. The summed E-state index contributed by atoms with van der Waals surface area (Å²) in [5.41, 5.74) is 2.41. The number of hydrogen-bond donors (Lipinski definition) is 0. The van der Waals surface area contributed by atoms with E-state index in [1.54, 1.807) is 13.0 Å². The smallest absolute Gasteiger partial charge is 0.416 e. The van der Waals surface area contributed by atoms with E-state index in [0.29, 0.717) is 24.3 Å². The summed E-state index contributed by atoms with van der Waals surface area (Å²) in [6, 6.07) is 8.70. The fourth-order valence-electron chi connectivity index (χ4n) is 3.32. The lowest BCUT2D eigenvalue weighted by Crippen LogP contribution is -2.14. The van der Waals surface area contributed by atoms with Gasteiger partial charge in [-0.05, 0) is 87.1 Å². The Morgan fingerprint density at radius 3 is 2.43 bits per heavy atom. The van der Waals surface area contributed by atoms with Crippen LogP contribution in [0.3, 0.4) is 0 Å². The van der Waals surface area contributed by atoms with E-state index in [1.807, 2.05) is 26.0 Å². The largest absolute Gasteiger partial charge is 0.490 e. The van der Waals surface area contributed by atoms with Crippen molar-refractivity contribution >= 4 is 28.9 Å². The summed E-state index contributed by atoms with van der Waals surface area (Å²) >= 11 is 11.2. The van der Waals surface area contributed by atoms with Gasteiger partial charge in [0.05, 0.1) is 17.4 Å². The molecule has 0 saturated carbocycles. The van der Waals surface area contributed by atoms with Crippen LogP contribution >= 0.6 is 23.2 Å². The van der Waals surface area contributed by atoms with Gasteiger partial charge in [-0.3, -0.25) is 0 Å². The Bertz CT molecular complexity index is 1020. The molecule has 0 aliphatic heterocycles. The van der Waals surface area contributed by atoms with Crippen molar-refractivity contribution in [3.05, 3.63) is 69.2 Å². The second kappa shape index (κ2) is 13.6. The van der Waals surface area contributed by atoms with Gasteiger partial charge in [0, 0.05) is 0 Å². The topological polar surface area (TPSA) is 40.0 Å². The molecule has 0 saturated heterocycles. The summed E-state index contributed by atoms with van der Waals surface area (Å²) in [5, 5.41) is 4.01. The monoisotopic (exact) mass is 531 g/mol. The Morgan fingerprint density at radius 2 is 1.83 bits per heavy atom. The van der Waals surface area contributed by atoms with Crippen molar-refractivity contribution in [2.24, 2.45) is 5.16 Å². The number of oxime groups is 1. The summed E-state index contributed by atoms with van der Waals surface area (Å²) in [7, 11) is 0. The first-order valence-electron chi connectivity index (χ1n) is 11.3. The Labute approximate surface area is 214 Å². The molecule has 2 aromatic carbocycles. The van der Waals surface area contributed by atoms with E-state index in [4.69, 9.17) is 37.5 Å². The molecule has 2 aromatic rings. The Balaban J connectivity index is 1.84. The third kappa shape index (κ3) is 9.65. The standard InChI is InChI=1S/C26H30Cl2F3NO3/c1-5-20-16-23(33-14-12-24(27)28)15-17(2)25(20)35-18(3)7-6-13-34-32-19(4)21-8-10-22(11-9-21)26(29,30)31/h8-12,15-16,18H,5-7,13-14H2,1-4H3. The molecule has 1 atom stereocenters. The molecule has 0 fully saturated rings. The van der Waals surface area contributed by atoms with E-state index in [2.05, 4.69) is 12.1 Å².